The minimum absolute atomic E-state index is 0.207. The third-order valence-electron chi connectivity index (χ3n) is 2.68. The molecule has 0 spiro atoms. The highest BCUT2D eigenvalue weighted by atomic mass is 16.3. The third-order valence-corrected chi connectivity index (χ3v) is 2.68. The number of nitrogens with zero attached hydrogens (tertiary/aromatic N) is 1. The molecule has 0 aliphatic carbocycles. The lowest BCUT2D eigenvalue weighted by molar-refractivity contribution is 0.240. The lowest BCUT2D eigenvalue weighted by atomic mass is 10.1. The number of benzene rings is 1. The predicted molar refractivity (Wildman–Crippen MR) is 64.0 cm³/mol. The summed E-state index contributed by atoms with van der Waals surface area (Å²) in [6.45, 7) is 0.796. The minimum atomic E-state index is 0.207. The molecule has 0 aromatic heterocycles. The summed E-state index contributed by atoms with van der Waals surface area (Å²) < 4.78 is 0. The molecule has 2 N–H and O–H groups in total. The van der Waals surface area contributed by atoms with E-state index < -0.39 is 0 Å². The van der Waals surface area contributed by atoms with E-state index in [-0.39, 0.29) is 11.6 Å². The fourth-order valence-corrected chi connectivity index (χ4v) is 1.75. The van der Waals surface area contributed by atoms with E-state index in [1.165, 1.54) is 0 Å². The maximum Gasteiger partial charge on any atom is 0.194 e. The van der Waals surface area contributed by atoms with Crippen LogP contribution in [-0.2, 0) is 0 Å². The average molecular weight is 217 g/mol. The Morgan fingerprint density at radius 2 is 2.06 bits per heavy atom. The molecule has 3 nitrogen and oxygen atoms in total. The highest BCUT2D eigenvalue weighted by Crippen LogP contribution is 2.25. The van der Waals surface area contributed by atoms with Crippen molar-refractivity contribution in [2.24, 2.45) is 0 Å². The lowest BCUT2D eigenvalue weighted by Crippen LogP contribution is -2.18. The zero-order valence-electron chi connectivity index (χ0n) is 9.22. The van der Waals surface area contributed by atoms with Gasteiger partial charge in [-0.25, -0.2) is 0 Å². The second-order valence-corrected chi connectivity index (χ2v) is 3.90. The third kappa shape index (κ3) is 2.03. The summed E-state index contributed by atoms with van der Waals surface area (Å²) in [6, 6.07) is 6.90. The van der Waals surface area contributed by atoms with Crippen LogP contribution < -0.4 is 0 Å². The first-order valence-electron chi connectivity index (χ1n) is 5.29. The highest BCUT2D eigenvalue weighted by molar-refractivity contribution is 5.76. The van der Waals surface area contributed by atoms with E-state index in [0.717, 1.165) is 24.1 Å². The summed E-state index contributed by atoms with van der Waals surface area (Å²) >= 11 is 0. The van der Waals surface area contributed by atoms with Crippen molar-refractivity contribution in [1.82, 2.24) is 4.90 Å². The molecule has 1 heterocycles. The lowest BCUT2D eigenvalue weighted by Gasteiger charge is -2.17. The monoisotopic (exact) mass is 217 g/mol. The summed E-state index contributed by atoms with van der Waals surface area (Å²) in [5, 5.41) is 19.5. The molecular formula is C13H15NO2. The Hall–Kier alpha value is -1.90. The molecule has 1 aliphatic heterocycles. The van der Waals surface area contributed by atoms with E-state index in [1.807, 2.05) is 25.3 Å². The number of hydrogen-bond acceptors (Lipinski definition) is 3. The van der Waals surface area contributed by atoms with Crippen molar-refractivity contribution in [3.8, 4) is 5.75 Å². The Morgan fingerprint density at radius 3 is 2.81 bits per heavy atom. The molecule has 2 rings (SSSR count). The number of rotatable bonds is 1. The number of hydrogen-bond donors (Lipinski definition) is 2. The van der Waals surface area contributed by atoms with E-state index in [9.17, 15) is 10.2 Å². The zero-order chi connectivity index (χ0) is 11.5. The zero-order valence-corrected chi connectivity index (χ0v) is 9.22. The topological polar surface area (TPSA) is 43.7 Å². The van der Waals surface area contributed by atoms with Crippen LogP contribution in [0.2, 0.25) is 0 Å². The van der Waals surface area contributed by atoms with Crippen molar-refractivity contribution >= 4 is 5.57 Å². The van der Waals surface area contributed by atoms with Gasteiger partial charge in [-0.15, -0.1) is 0 Å². The minimum Gasteiger partial charge on any atom is -0.508 e. The van der Waals surface area contributed by atoms with Gasteiger partial charge in [0, 0.05) is 19.2 Å². The molecule has 0 amide bonds. The average Bonchev–Trinajstić information content (AvgIpc) is 2.42. The molecule has 0 fully saturated rings. The maximum absolute atomic E-state index is 10.0. The van der Waals surface area contributed by atoms with E-state index in [1.54, 1.807) is 23.1 Å². The maximum atomic E-state index is 10.0. The van der Waals surface area contributed by atoms with Crippen LogP contribution in [0.1, 0.15) is 12.0 Å². The molecule has 16 heavy (non-hydrogen) atoms. The Labute approximate surface area is 94.9 Å². The molecule has 1 aliphatic rings. The Balaban J connectivity index is 2.48. The van der Waals surface area contributed by atoms with Crippen molar-refractivity contribution < 1.29 is 10.2 Å². The smallest absolute Gasteiger partial charge is 0.194 e. The Bertz CT molecular complexity index is 449. The van der Waals surface area contributed by atoms with Crippen molar-refractivity contribution in [2.45, 2.75) is 6.42 Å². The van der Waals surface area contributed by atoms with Gasteiger partial charge in [0.2, 0.25) is 0 Å². The highest BCUT2D eigenvalue weighted by Gasteiger charge is 2.12. The van der Waals surface area contributed by atoms with Gasteiger partial charge in [-0.1, -0.05) is 24.3 Å². The molecule has 1 aromatic rings. The molecule has 0 saturated carbocycles. The van der Waals surface area contributed by atoms with Gasteiger partial charge in [0.05, 0.1) is 0 Å². The van der Waals surface area contributed by atoms with Crippen LogP contribution in [0.5, 0.6) is 5.75 Å². The molecular weight excluding hydrogens is 202 g/mol. The van der Waals surface area contributed by atoms with E-state index >= 15 is 0 Å². The van der Waals surface area contributed by atoms with Crippen molar-refractivity contribution in [2.75, 3.05) is 13.6 Å². The number of allylic oxidation sites excluding steroid dienone is 2. The first-order valence-corrected chi connectivity index (χ1v) is 5.29. The quantitative estimate of drug-likeness (QED) is 0.759. The number of aliphatic hydroxyl groups is 1. The van der Waals surface area contributed by atoms with E-state index in [2.05, 4.69) is 0 Å². The summed E-state index contributed by atoms with van der Waals surface area (Å²) in [5.74, 6) is 0.456. The largest absolute Gasteiger partial charge is 0.508 e. The summed E-state index contributed by atoms with van der Waals surface area (Å²) in [5.41, 5.74) is 1.57. The van der Waals surface area contributed by atoms with Crippen LogP contribution >= 0.6 is 0 Å². The fourth-order valence-electron chi connectivity index (χ4n) is 1.75. The fraction of sp³-hybridized carbons (Fsp3) is 0.231. The van der Waals surface area contributed by atoms with Crippen molar-refractivity contribution in [1.29, 1.82) is 0 Å². The van der Waals surface area contributed by atoms with Gasteiger partial charge in [0.25, 0.3) is 0 Å². The molecule has 0 bridgehead atoms. The standard InChI is InChI=1S/C13H15NO2/c1-14-8-3-2-7-12(13(14)16)10-5-4-6-11(15)9-10/h2,4-7,9,15-16H,3,8H2,1H3. The molecule has 84 valence electrons. The van der Waals surface area contributed by atoms with Gasteiger partial charge in [0.15, 0.2) is 5.88 Å². The number of aliphatic hydroxyl groups excluding tert-OH is 1. The first kappa shape index (κ1) is 10.6. The van der Waals surface area contributed by atoms with Crippen LogP contribution in [0.15, 0.2) is 42.3 Å². The summed E-state index contributed by atoms with van der Waals surface area (Å²) in [4.78, 5) is 1.80. The van der Waals surface area contributed by atoms with Gasteiger partial charge >= 0.3 is 0 Å². The second-order valence-electron chi connectivity index (χ2n) is 3.90. The summed E-state index contributed by atoms with van der Waals surface area (Å²) in [7, 11) is 1.85. The summed E-state index contributed by atoms with van der Waals surface area (Å²) in [6.07, 6.45) is 4.83. The van der Waals surface area contributed by atoms with Gasteiger partial charge in [-0.3, -0.25) is 0 Å². The van der Waals surface area contributed by atoms with Gasteiger partial charge < -0.3 is 15.1 Å². The molecule has 0 saturated heterocycles. The SMILES string of the molecule is CN1CCC=CC(c2cccc(O)c2)=C1O. The van der Waals surface area contributed by atoms with Crippen LogP contribution in [0.3, 0.4) is 0 Å². The van der Waals surface area contributed by atoms with Crippen LogP contribution in [0.25, 0.3) is 5.57 Å². The Kier molecular flexibility index (Phi) is 2.86. The number of aromatic hydroxyl groups is 1. The van der Waals surface area contributed by atoms with Gasteiger partial charge in [-0.05, 0) is 24.1 Å². The number of phenolic OH excluding ortho intramolecular Hbond substituents is 1. The molecule has 0 atom stereocenters. The van der Waals surface area contributed by atoms with Crippen molar-refractivity contribution in [3.63, 3.8) is 0 Å². The van der Waals surface area contributed by atoms with Gasteiger partial charge in [-0.2, -0.15) is 0 Å². The predicted octanol–water partition coefficient (Wildman–Crippen LogP) is 2.51. The molecule has 3 heteroatoms. The molecule has 0 radical (unpaired) electrons. The van der Waals surface area contributed by atoms with Crippen LogP contribution in [0, 0.1) is 0 Å². The van der Waals surface area contributed by atoms with Crippen LogP contribution in [-0.4, -0.2) is 28.7 Å². The molecule has 0 unspecified atom stereocenters. The normalized spacial score (nSPS) is 16.4. The van der Waals surface area contributed by atoms with E-state index in [4.69, 9.17) is 0 Å². The Morgan fingerprint density at radius 1 is 1.25 bits per heavy atom. The van der Waals surface area contributed by atoms with E-state index in [0.29, 0.717) is 0 Å². The number of phenols is 1. The first-order chi connectivity index (χ1) is 7.68. The van der Waals surface area contributed by atoms with Crippen LogP contribution in [0.4, 0.5) is 0 Å². The molecule has 1 aromatic carbocycles. The van der Waals surface area contributed by atoms with Crippen molar-refractivity contribution in [3.05, 3.63) is 47.9 Å². The van der Waals surface area contributed by atoms with Gasteiger partial charge in [0.1, 0.15) is 5.75 Å². The second kappa shape index (κ2) is 4.31.